The van der Waals surface area contributed by atoms with Gasteiger partial charge in [-0.2, -0.15) is 5.10 Å². The fourth-order valence-electron chi connectivity index (χ4n) is 2.54. The predicted octanol–water partition coefficient (Wildman–Crippen LogP) is 0.0559. The van der Waals surface area contributed by atoms with Crippen LogP contribution in [0.3, 0.4) is 0 Å². The fourth-order valence-corrected chi connectivity index (χ4v) is 2.54. The fraction of sp³-hybridized carbons (Fsp3) is 0.750. The lowest BCUT2D eigenvalue weighted by Crippen LogP contribution is -2.46. The van der Waals surface area contributed by atoms with E-state index < -0.39 is 0 Å². The number of aromatic nitrogens is 3. The van der Waals surface area contributed by atoms with Crippen molar-refractivity contribution in [3.8, 4) is 0 Å². The van der Waals surface area contributed by atoms with Crippen molar-refractivity contribution in [2.75, 3.05) is 26.3 Å². The van der Waals surface area contributed by atoms with Gasteiger partial charge < -0.3 is 9.47 Å². The summed E-state index contributed by atoms with van der Waals surface area (Å²) >= 11 is 0. The molecule has 1 aromatic heterocycles. The van der Waals surface area contributed by atoms with E-state index in [9.17, 15) is 4.79 Å². The zero-order valence-electron chi connectivity index (χ0n) is 11.0. The summed E-state index contributed by atoms with van der Waals surface area (Å²) in [6.45, 7) is 4.52. The summed E-state index contributed by atoms with van der Waals surface area (Å²) in [5.41, 5.74) is 0. The van der Waals surface area contributed by atoms with Gasteiger partial charge in [-0.3, -0.25) is 14.8 Å². The van der Waals surface area contributed by atoms with E-state index in [1.807, 2.05) is 6.92 Å². The van der Waals surface area contributed by atoms with Crippen LogP contribution >= 0.6 is 0 Å². The number of ether oxygens (including phenoxy) is 2. The molecule has 19 heavy (non-hydrogen) atoms. The largest absolute Gasteiger partial charge is 0.464 e. The van der Waals surface area contributed by atoms with Crippen molar-refractivity contribution in [2.45, 2.75) is 31.9 Å². The summed E-state index contributed by atoms with van der Waals surface area (Å²) in [5.74, 6) is 1.41. The zero-order valence-corrected chi connectivity index (χ0v) is 11.0. The number of nitrogens with zero attached hydrogens (tertiary/aromatic N) is 3. The molecule has 0 spiro atoms. The van der Waals surface area contributed by atoms with Gasteiger partial charge in [0.2, 0.25) is 0 Å². The Morgan fingerprint density at radius 3 is 3.05 bits per heavy atom. The van der Waals surface area contributed by atoms with Crippen molar-refractivity contribution in [1.29, 1.82) is 0 Å². The number of aromatic amines is 1. The van der Waals surface area contributed by atoms with E-state index in [0.717, 1.165) is 25.2 Å². The second-order valence-electron chi connectivity index (χ2n) is 4.82. The standard InChI is InChI=1S/C12H18N4O3/c1-2-10-13-11(15-14-10)9-7-16(4-6-18-9)8-3-5-19-12(8)17/h8-9H,2-7H2,1H3,(H,13,14,15)/t8-,9+/m0/s1. The van der Waals surface area contributed by atoms with E-state index in [-0.39, 0.29) is 18.1 Å². The summed E-state index contributed by atoms with van der Waals surface area (Å²) in [6.07, 6.45) is 1.41. The molecule has 0 aromatic carbocycles. The van der Waals surface area contributed by atoms with Gasteiger partial charge >= 0.3 is 5.97 Å². The third kappa shape index (κ3) is 2.48. The van der Waals surface area contributed by atoms with Crippen LogP contribution in [0.4, 0.5) is 0 Å². The summed E-state index contributed by atoms with van der Waals surface area (Å²) in [6, 6.07) is -0.129. The molecule has 7 heteroatoms. The lowest BCUT2D eigenvalue weighted by molar-refractivity contribution is -0.144. The van der Waals surface area contributed by atoms with Gasteiger partial charge in [0.05, 0.1) is 13.2 Å². The van der Waals surface area contributed by atoms with Gasteiger partial charge in [0.1, 0.15) is 18.0 Å². The average Bonchev–Trinajstić information content (AvgIpc) is 3.07. The first-order valence-electron chi connectivity index (χ1n) is 6.71. The number of carbonyl (C=O) groups is 1. The maximum atomic E-state index is 11.6. The third-order valence-electron chi connectivity index (χ3n) is 3.62. The number of aryl methyl sites for hydroxylation is 1. The van der Waals surface area contributed by atoms with E-state index in [4.69, 9.17) is 9.47 Å². The Bertz CT molecular complexity index is 462. The first kappa shape index (κ1) is 12.6. The molecule has 2 aliphatic heterocycles. The van der Waals surface area contributed by atoms with Crippen molar-refractivity contribution < 1.29 is 14.3 Å². The van der Waals surface area contributed by atoms with E-state index in [1.165, 1.54) is 0 Å². The molecule has 3 rings (SSSR count). The van der Waals surface area contributed by atoms with Crippen LogP contribution in [-0.4, -0.2) is 58.4 Å². The second-order valence-corrected chi connectivity index (χ2v) is 4.82. The smallest absolute Gasteiger partial charge is 0.323 e. The van der Waals surface area contributed by atoms with Gasteiger partial charge in [0.25, 0.3) is 0 Å². The van der Waals surface area contributed by atoms with E-state index >= 15 is 0 Å². The number of carbonyl (C=O) groups excluding carboxylic acids is 1. The topological polar surface area (TPSA) is 80.3 Å². The van der Waals surface area contributed by atoms with Gasteiger partial charge in [-0.1, -0.05) is 6.92 Å². The Balaban J connectivity index is 1.69. The maximum absolute atomic E-state index is 11.6. The minimum absolute atomic E-state index is 0.120. The Labute approximate surface area is 111 Å². The highest BCUT2D eigenvalue weighted by atomic mass is 16.5. The quantitative estimate of drug-likeness (QED) is 0.779. The average molecular weight is 266 g/mol. The van der Waals surface area contributed by atoms with Gasteiger partial charge in [0.15, 0.2) is 5.82 Å². The lowest BCUT2D eigenvalue weighted by Gasteiger charge is -2.33. The SMILES string of the molecule is CCc1nc([C@H]2CN([C@H]3CCOC3=O)CCO2)n[nH]1. The van der Waals surface area contributed by atoms with Crippen molar-refractivity contribution in [1.82, 2.24) is 20.1 Å². The molecule has 0 saturated carbocycles. The molecule has 2 atom stereocenters. The first-order valence-corrected chi connectivity index (χ1v) is 6.71. The van der Waals surface area contributed by atoms with E-state index in [1.54, 1.807) is 0 Å². The molecular formula is C12H18N4O3. The van der Waals surface area contributed by atoms with Crippen LogP contribution in [-0.2, 0) is 20.7 Å². The molecule has 2 saturated heterocycles. The van der Waals surface area contributed by atoms with Crippen molar-refractivity contribution in [3.63, 3.8) is 0 Å². The highest BCUT2D eigenvalue weighted by Gasteiger charge is 2.36. The second kappa shape index (κ2) is 5.26. The summed E-state index contributed by atoms with van der Waals surface area (Å²) < 4.78 is 10.7. The van der Waals surface area contributed by atoms with Crippen LogP contribution in [0.15, 0.2) is 0 Å². The molecule has 0 amide bonds. The Kier molecular flexibility index (Phi) is 3.48. The summed E-state index contributed by atoms with van der Waals surface area (Å²) in [4.78, 5) is 18.1. The minimum atomic E-state index is -0.168. The van der Waals surface area contributed by atoms with Gasteiger partial charge in [-0.15, -0.1) is 0 Å². The zero-order chi connectivity index (χ0) is 13.2. The number of H-pyrrole nitrogens is 1. The molecule has 2 aliphatic rings. The number of esters is 1. The van der Waals surface area contributed by atoms with Gasteiger partial charge in [-0.25, -0.2) is 4.98 Å². The van der Waals surface area contributed by atoms with E-state index in [0.29, 0.717) is 25.6 Å². The third-order valence-corrected chi connectivity index (χ3v) is 3.62. The molecule has 0 unspecified atom stereocenters. The first-order chi connectivity index (χ1) is 9.28. The van der Waals surface area contributed by atoms with Crippen molar-refractivity contribution >= 4 is 5.97 Å². The number of hydrogen-bond donors (Lipinski definition) is 1. The van der Waals surface area contributed by atoms with Crippen LogP contribution in [0.25, 0.3) is 0 Å². The van der Waals surface area contributed by atoms with Gasteiger partial charge in [-0.05, 0) is 0 Å². The molecule has 0 bridgehead atoms. The number of nitrogens with one attached hydrogen (secondary N) is 1. The number of hydrogen-bond acceptors (Lipinski definition) is 6. The predicted molar refractivity (Wildman–Crippen MR) is 65.4 cm³/mol. The van der Waals surface area contributed by atoms with Crippen molar-refractivity contribution in [2.24, 2.45) is 0 Å². The highest BCUT2D eigenvalue weighted by molar-refractivity contribution is 5.77. The number of cyclic esters (lactones) is 1. The molecule has 1 aromatic rings. The lowest BCUT2D eigenvalue weighted by atomic mass is 10.1. The molecule has 0 aliphatic carbocycles. The minimum Gasteiger partial charge on any atom is -0.464 e. The Hall–Kier alpha value is -1.47. The molecule has 7 nitrogen and oxygen atoms in total. The van der Waals surface area contributed by atoms with Crippen LogP contribution in [0.2, 0.25) is 0 Å². The molecule has 1 N–H and O–H groups in total. The molecule has 104 valence electrons. The number of rotatable bonds is 3. The maximum Gasteiger partial charge on any atom is 0.323 e. The van der Waals surface area contributed by atoms with Crippen LogP contribution in [0.1, 0.15) is 31.1 Å². The van der Waals surface area contributed by atoms with Crippen LogP contribution in [0, 0.1) is 0 Å². The normalized spacial score (nSPS) is 28.6. The monoisotopic (exact) mass is 266 g/mol. The van der Waals surface area contributed by atoms with E-state index in [2.05, 4.69) is 20.1 Å². The summed E-state index contributed by atoms with van der Waals surface area (Å²) in [5, 5.41) is 7.08. The summed E-state index contributed by atoms with van der Waals surface area (Å²) in [7, 11) is 0. The van der Waals surface area contributed by atoms with Crippen LogP contribution < -0.4 is 0 Å². The molecule has 2 fully saturated rings. The molecule has 3 heterocycles. The molecular weight excluding hydrogens is 248 g/mol. The van der Waals surface area contributed by atoms with Gasteiger partial charge in [0, 0.05) is 25.9 Å². The number of morpholine rings is 1. The van der Waals surface area contributed by atoms with Crippen molar-refractivity contribution in [3.05, 3.63) is 11.6 Å². The Morgan fingerprint density at radius 2 is 2.37 bits per heavy atom. The van der Waals surface area contributed by atoms with Crippen LogP contribution in [0.5, 0.6) is 0 Å². The Morgan fingerprint density at radius 1 is 1.47 bits per heavy atom. The molecule has 0 radical (unpaired) electrons. The highest BCUT2D eigenvalue weighted by Crippen LogP contribution is 2.23.